The van der Waals surface area contributed by atoms with Crippen LogP contribution in [0.15, 0.2) is 18.3 Å². The number of piperidine rings is 1. The van der Waals surface area contributed by atoms with Crippen molar-refractivity contribution in [3.8, 4) is 0 Å². The molecule has 5 nitrogen and oxygen atoms in total. The number of pyridine rings is 1. The molecule has 1 aromatic heterocycles. The molecule has 1 aliphatic heterocycles. The predicted molar refractivity (Wildman–Crippen MR) is 114 cm³/mol. The molecule has 1 aromatic rings. The molecule has 0 aromatic carbocycles. The van der Waals surface area contributed by atoms with E-state index in [-0.39, 0.29) is 30.7 Å². The first-order chi connectivity index (χ1) is 11.7. The van der Waals surface area contributed by atoms with Crippen LogP contribution in [0.1, 0.15) is 56.8 Å². The maximum Gasteiger partial charge on any atom is 0.255 e. The van der Waals surface area contributed by atoms with Gasteiger partial charge in [-0.05, 0) is 57.8 Å². The van der Waals surface area contributed by atoms with E-state index in [0.29, 0.717) is 11.6 Å². The summed E-state index contributed by atoms with van der Waals surface area (Å²) in [6.07, 6.45) is 5.91. The van der Waals surface area contributed by atoms with Crippen molar-refractivity contribution in [2.24, 2.45) is 0 Å². The molecule has 2 heterocycles. The highest BCUT2D eigenvalue weighted by Crippen LogP contribution is 2.18. The largest absolute Gasteiger partial charge is 0.357 e. The van der Waals surface area contributed by atoms with Gasteiger partial charge in [-0.1, -0.05) is 13.8 Å². The Labute approximate surface area is 170 Å². The lowest BCUT2D eigenvalue weighted by atomic mass is 10.0. The summed E-state index contributed by atoms with van der Waals surface area (Å²) in [5.41, 5.74) is 0.707. The van der Waals surface area contributed by atoms with Gasteiger partial charge in [-0.3, -0.25) is 4.79 Å². The number of hydrogen-bond acceptors (Lipinski definition) is 4. The Morgan fingerprint density at radius 1 is 1.12 bits per heavy atom. The Kier molecular flexibility index (Phi) is 12.7. The summed E-state index contributed by atoms with van der Waals surface area (Å²) in [6, 6.07) is 4.27. The van der Waals surface area contributed by atoms with E-state index < -0.39 is 0 Å². The minimum atomic E-state index is 0. The lowest BCUT2D eigenvalue weighted by molar-refractivity contribution is 0.0642. The Bertz CT molecular complexity index is 507. The van der Waals surface area contributed by atoms with Crippen LogP contribution in [0.25, 0.3) is 0 Å². The molecular formula is C19H34Cl2N4O. The molecule has 26 heavy (non-hydrogen) atoms. The zero-order chi connectivity index (χ0) is 17.4. The van der Waals surface area contributed by atoms with Gasteiger partial charge in [0.25, 0.3) is 5.91 Å². The Morgan fingerprint density at radius 2 is 1.77 bits per heavy atom. The predicted octanol–water partition coefficient (Wildman–Crippen LogP) is 3.77. The standard InChI is InChI=1S/C19H32N4O.2ClH/c1-4-13-22(6-3)18-8-7-16(15-21-18)19(24)23(14-5-2)17-9-11-20-12-10-17;;/h7-8,15,17,20H,4-6,9-14H2,1-3H3;2*1H. The molecule has 0 unspecified atom stereocenters. The van der Waals surface area contributed by atoms with Crippen molar-refractivity contribution in [1.29, 1.82) is 0 Å². The summed E-state index contributed by atoms with van der Waals surface area (Å²) in [5.74, 6) is 1.08. The van der Waals surface area contributed by atoms with Crippen LogP contribution in [0, 0.1) is 0 Å². The van der Waals surface area contributed by atoms with Gasteiger partial charge in [0.1, 0.15) is 5.82 Å². The van der Waals surface area contributed by atoms with Gasteiger partial charge in [0.15, 0.2) is 0 Å². The lowest BCUT2D eigenvalue weighted by Crippen LogP contribution is -2.46. The number of carbonyl (C=O) groups is 1. The molecule has 1 fully saturated rings. The van der Waals surface area contributed by atoms with Crippen molar-refractivity contribution in [2.75, 3.05) is 37.6 Å². The molecule has 1 N–H and O–H groups in total. The molecule has 150 valence electrons. The topological polar surface area (TPSA) is 48.5 Å². The van der Waals surface area contributed by atoms with E-state index in [1.807, 2.05) is 12.1 Å². The van der Waals surface area contributed by atoms with Crippen LogP contribution >= 0.6 is 24.8 Å². The highest BCUT2D eigenvalue weighted by Gasteiger charge is 2.25. The summed E-state index contributed by atoms with van der Waals surface area (Å²) in [4.78, 5) is 21.8. The van der Waals surface area contributed by atoms with E-state index in [1.165, 1.54) is 0 Å². The summed E-state index contributed by atoms with van der Waals surface area (Å²) < 4.78 is 0. The number of amides is 1. The normalized spacial score (nSPS) is 14.1. The highest BCUT2D eigenvalue weighted by atomic mass is 35.5. The number of aromatic nitrogens is 1. The molecule has 7 heteroatoms. The molecule has 1 saturated heterocycles. The maximum absolute atomic E-state index is 13.0. The van der Waals surface area contributed by atoms with Gasteiger partial charge >= 0.3 is 0 Å². The zero-order valence-electron chi connectivity index (χ0n) is 16.2. The Morgan fingerprint density at radius 3 is 2.27 bits per heavy atom. The first-order valence-electron chi connectivity index (χ1n) is 9.43. The van der Waals surface area contributed by atoms with Gasteiger partial charge in [0.05, 0.1) is 5.56 Å². The third-order valence-corrected chi connectivity index (χ3v) is 4.67. The average Bonchev–Trinajstić information content (AvgIpc) is 2.64. The van der Waals surface area contributed by atoms with E-state index in [0.717, 1.165) is 64.2 Å². The van der Waals surface area contributed by atoms with E-state index in [1.54, 1.807) is 6.20 Å². The summed E-state index contributed by atoms with van der Waals surface area (Å²) >= 11 is 0. The van der Waals surface area contributed by atoms with E-state index >= 15 is 0 Å². The fourth-order valence-corrected chi connectivity index (χ4v) is 3.38. The number of nitrogens with one attached hydrogen (secondary N) is 1. The second kappa shape index (κ2) is 13.2. The summed E-state index contributed by atoms with van der Waals surface area (Å²) in [5, 5.41) is 3.37. The number of carbonyl (C=O) groups excluding carboxylic acids is 1. The summed E-state index contributed by atoms with van der Waals surface area (Å²) in [6.45, 7) is 11.2. The van der Waals surface area contributed by atoms with Gasteiger partial charge in [0, 0.05) is 31.9 Å². The number of rotatable bonds is 8. The van der Waals surface area contributed by atoms with Crippen LogP contribution in [0.5, 0.6) is 0 Å². The van der Waals surface area contributed by atoms with Crippen LogP contribution in [0.3, 0.4) is 0 Å². The van der Waals surface area contributed by atoms with Crippen molar-refractivity contribution in [3.05, 3.63) is 23.9 Å². The molecular weight excluding hydrogens is 371 g/mol. The van der Waals surface area contributed by atoms with Crippen molar-refractivity contribution in [2.45, 2.75) is 52.5 Å². The second-order valence-corrected chi connectivity index (χ2v) is 6.46. The number of anilines is 1. The molecule has 0 saturated carbocycles. The van der Waals surface area contributed by atoms with Gasteiger partial charge in [0.2, 0.25) is 0 Å². The van der Waals surface area contributed by atoms with Crippen LogP contribution < -0.4 is 10.2 Å². The van der Waals surface area contributed by atoms with Gasteiger partial charge < -0.3 is 15.1 Å². The Hall–Kier alpha value is -1.04. The molecule has 0 atom stereocenters. The first kappa shape index (κ1) is 25.0. The number of nitrogens with zero attached hydrogens (tertiary/aromatic N) is 3. The van der Waals surface area contributed by atoms with Crippen LogP contribution in [0.4, 0.5) is 5.82 Å². The highest BCUT2D eigenvalue weighted by molar-refractivity contribution is 5.94. The molecule has 2 rings (SSSR count). The van der Waals surface area contributed by atoms with Crippen LogP contribution in [0.2, 0.25) is 0 Å². The molecule has 0 aliphatic carbocycles. The third kappa shape index (κ3) is 6.60. The van der Waals surface area contributed by atoms with Crippen LogP contribution in [-0.4, -0.2) is 54.6 Å². The van der Waals surface area contributed by atoms with Crippen molar-refractivity contribution >= 4 is 36.5 Å². The van der Waals surface area contributed by atoms with Crippen molar-refractivity contribution < 1.29 is 4.79 Å². The first-order valence-corrected chi connectivity index (χ1v) is 9.43. The second-order valence-electron chi connectivity index (χ2n) is 6.46. The summed E-state index contributed by atoms with van der Waals surface area (Å²) in [7, 11) is 0. The smallest absolute Gasteiger partial charge is 0.255 e. The van der Waals surface area contributed by atoms with E-state index in [9.17, 15) is 4.79 Å². The van der Waals surface area contributed by atoms with Gasteiger partial charge in [-0.15, -0.1) is 24.8 Å². The SMILES string of the molecule is CCCN(CC)c1ccc(C(=O)N(CCC)C2CCNCC2)cn1.Cl.Cl. The third-order valence-electron chi connectivity index (χ3n) is 4.67. The minimum Gasteiger partial charge on any atom is -0.357 e. The lowest BCUT2D eigenvalue weighted by Gasteiger charge is -2.34. The van der Waals surface area contributed by atoms with Gasteiger partial charge in [-0.25, -0.2) is 4.98 Å². The van der Waals surface area contributed by atoms with Gasteiger partial charge in [-0.2, -0.15) is 0 Å². The molecule has 0 bridgehead atoms. The minimum absolute atomic E-state index is 0. The van der Waals surface area contributed by atoms with E-state index in [2.05, 4.69) is 40.9 Å². The van der Waals surface area contributed by atoms with E-state index in [4.69, 9.17) is 0 Å². The van der Waals surface area contributed by atoms with Crippen LogP contribution in [-0.2, 0) is 0 Å². The maximum atomic E-state index is 13.0. The monoisotopic (exact) mass is 404 g/mol. The molecule has 1 aliphatic rings. The fourth-order valence-electron chi connectivity index (χ4n) is 3.38. The number of halogens is 2. The quantitative estimate of drug-likeness (QED) is 0.716. The zero-order valence-corrected chi connectivity index (χ0v) is 17.9. The molecule has 1 amide bonds. The average molecular weight is 405 g/mol. The Balaban J connectivity index is 0.00000312. The number of hydrogen-bond donors (Lipinski definition) is 1. The van der Waals surface area contributed by atoms with Crippen molar-refractivity contribution in [1.82, 2.24) is 15.2 Å². The molecule has 0 spiro atoms. The molecule has 0 radical (unpaired) electrons. The fraction of sp³-hybridized carbons (Fsp3) is 0.684. The van der Waals surface area contributed by atoms with Crippen molar-refractivity contribution in [3.63, 3.8) is 0 Å².